The fraction of sp³-hybridized carbons (Fsp3) is 0.241. The van der Waals surface area contributed by atoms with Crippen LogP contribution in [0.4, 0.5) is 0 Å². The van der Waals surface area contributed by atoms with Crippen molar-refractivity contribution in [2.75, 3.05) is 6.61 Å². The van der Waals surface area contributed by atoms with E-state index in [2.05, 4.69) is 24.3 Å². The molecule has 33 heavy (non-hydrogen) atoms. The van der Waals surface area contributed by atoms with Crippen molar-refractivity contribution >= 4 is 10.8 Å². The largest absolute Gasteiger partial charge is 0.489 e. The van der Waals surface area contributed by atoms with Crippen molar-refractivity contribution in [3.05, 3.63) is 102 Å². The van der Waals surface area contributed by atoms with Gasteiger partial charge in [-0.3, -0.25) is 0 Å². The summed E-state index contributed by atoms with van der Waals surface area (Å²) in [5, 5.41) is 21.9. The lowest BCUT2D eigenvalue weighted by Gasteiger charge is -2.27. The minimum absolute atomic E-state index is 0.00835. The van der Waals surface area contributed by atoms with Crippen LogP contribution in [0.1, 0.15) is 35.6 Å². The molecular weight excluding hydrogens is 412 g/mol. The van der Waals surface area contributed by atoms with Gasteiger partial charge in [0.1, 0.15) is 12.4 Å². The first-order valence-electron chi connectivity index (χ1n) is 11.4. The second kappa shape index (κ2) is 9.75. The van der Waals surface area contributed by atoms with Gasteiger partial charge in [0.15, 0.2) is 0 Å². The van der Waals surface area contributed by atoms with Gasteiger partial charge >= 0.3 is 0 Å². The van der Waals surface area contributed by atoms with Gasteiger partial charge in [-0.2, -0.15) is 0 Å². The van der Waals surface area contributed by atoms with E-state index < -0.39 is 0 Å². The maximum atomic E-state index is 9.96. The number of aliphatic hydroxyl groups excluding tert-OH is 2. The predicted octanol–water partition coefficient (Wildman–Crippen LogP) is 5.79. The molecule has 4 aromatic rings. The summed E-state index contributed by atoms with van der Waals surface area (Å²) >= 11 is 0. The second-order valence-electron chi connectivity index (χ2n) is 8.62. The third kappa shape index (κ3) is 4.93. The van der Waals surface area contributed by atoms with Crippen molar-refractivity contribution in [1.29, 1.82) is 0 Å². The molecule has 0 aromatic heterocycles. The summed E-state index contributed by atoms with van der Waals surface area (Å²) in [6, 6.07) is 28.6. The molecule has 2 N–H and O–H groups in total. The molecule has 1 saturated heterocycles. The lowest BCUT2D eigenvalue weighted by Crippen LogP contribution is -2.23. The predicted molar refractivity (Wildman–Crippen MR) is 130 cm³/mol. The van der Waals surface area contributed by atoms with E-state index in [1.54, 1.807) is 0 Å². The van der Waals surface area contributed by atoms with Crippen LogP contribution < -0.4 is 4.74 Å². The molecule has 1 heterocycles. The van der Waals surface area contributed by atoms with Crippen LogP contribution >= 0.6 is 0 Å². The Labute approximate surface area is 194 Å². The number of hydrogen-bond acceptors (Lipinski definition) is 4. The Morgan fingerprint density at radius 2 is 1.76 bits per heavy atom. The van der Waals surface area contributed by atoms with Gasteiger partial charge in [-0.15, -0.1) is 0 Å². The molecule has 0 saturated carbocycles. The highest BCUT2D eigenvalue weighted by atomic mass is 16.5. The molecule has 2 atom stereocenters. The van der Waals surface area contributed by atoms with E-state index in [0.717, 1.165) is 44.3 Å². The molecule has 5 rings (SSSR count). The van der Waals surface area contributed by atoms with Crippen LogP contribution in [0.5, 0.6) is 5.75 Å². The van der Waals surface area contributed by atoms with E-state index in [4.69, 9.17) is 9.47 Å². The van der Waals surface area contributed by atoms with Crippen LogP contribution in [0.25, 0.3) is 21.9 Å². The molecule has 0 amide bonds. The van der Waals surface area contributed by atoms with Gasteiger partial charge < -0.3 is 19.7 Å². The summed E-state index contributed by atoms with van der Waals surface area (Å²) in [5.74, 6) is 0.784. The zero-order valence-electron chi connectivity index (χ0n) is 18.5. The summed E-state index contributed by atoms with van der Waals surface area (Å²) < 4.78 is 12.0. The fourth-order valence-electron chi connectivity index (χ4n) is 4.51. The molecule has 1 aliphatic heterocycles. The molecule has 0 radical (unpaired) electrons. The molecule has 1 fully saturated rings. The molecule has 1 aliphatic rings. The number of fused-ring (bicyclic) bond motifs is 1. The normalized spacial score (nSPS) is 18.4. The topological polar surface area (TPSA) is 58.9 Å². The number of benzene rings is 4. The lowest BCUT2D eigenvalue weighted by molar-refractivity contribution is -0.0448. The smallest absolute Gasteiger partial charge is 0.120 e. The average Bonchev–Trinajstić information content (AvgIpc) is 2.87. The number of ether oxygens (including phenoxy) is 2. The second-order valence-corrected chi connectivity index (χ2v) is 8.62. The molecule has 4 nitrogen and oxygen atoms in total. The Hall–Kier alpha value is -3.18. The molecule has 168 valence electrons. The Morgan fingerprint density at radius 1 is 0.879 bits per heavy atom. The third-order valence-corrected chi connectivity index (χ3v) is 6.24. The quantitative estimate of drug-likeness (QED) is 0.398. The summed E-state index contributed by atoms with van der Waals surface area (Å²) in [4.78, 5) is 0. The Morgan fingerprint density at radius 3 is 2.58 bits per heavy atom. The standard InChI is InChI=1S/C29H28O4/c30-18-21-14-24-16-26(9-10-27(24)28(15-21)22-6-2-1-3-7-22)33-19-20-5-4-8-23(13-20)29-17-25(31)11-12-32-29/h1-10,13-16,25,29-31H,11-12,17-19H2. The highest BCUT2D eigenvalue weighted by Crippen LogP contribution is 2.33. The Kier molecular flexibility index (Phi) is 6.40. The van der Waals surface area contributed by atoms with E-state index in [0.29, 0.717) is 26.1 Å². The van der Waals surface area contributed by atoms with E-state index >= 15 is 0 Å². The maximum absolute atomic E-state index is 9.96. The molecular formula is C29H28O4. The van der Waals surface area contributed by atoms with Crippen molar-refractivity contribution in [2.24, 2.45) is 0 Å². The highest BCUT2D eigenvalue weighted by molar-refractivity contribution is 5.98. The summed E-state index contributed by atoms with van der Waals surface area (Å²) in [6.07, 6.45) is 0.963. The fourth-order valence-corrected chi connectivity index (χ4v) is 4.51. The van der Waals surface area contributed by atoms with E-state index in [-0.39, 0.29) is 18.8 Å². The maximum Gasteiger partial charge on any atom is 0.120 e. The average molecular weight is 441 g/mol. The van der Waals surface area contributed by atoms with Crippen molar-refractivity contribution in [3.8, 4) is 16.9 Å². The number of aliphatic hydroxyl groups is 2. The third-order valence-electron chi connectivity index (χ3n) is 6.24. The minimum atomic E-state index is -0.300. The molecule has 0 bridgehead atoms. The van der Waals surface area contributed by atoms with Crippen LogP contribution in [0.2, 0.25) is 0 Å². The molecule has 4 aromatic carbocycles. The van der Waals surface area contributed by atoms with E-state index in [1.165, 1.54) is 0 Å². The van der Waals surface area contributed by atoms with Gasteiger partial charge in [-0.25, -0.2) is 0 Å². The number of rotatable bonds is 6. The first kappa shape index (κ1) is 21.7. The van der Waals surface area contributed by atoms with Gasteiger partial charge in [0.05, 0.1) is 18.8 Å². The Balaban J connectivity index is 1.37. The van der Waals surface area contributed by atoms with E-state index in [1.807, 2.05) is 60.7 Å². The first-order valence-corrected chi connectivity index (χ1v) is 11.4. The summed E-state index contributed by atoms with van der Waals surface area (Å²) in [5.41, 5.74) is 5.24. The minimum Gasteiger partial charge on any atom is -0.489 e. The van der Waals surface area contributed by atoms with Crippen LogP contribution in [-0.4, -0.2) is 22.9 Å². The summed E-state index contributed by atoms with van der Waals surface area (Å²) in [7, 11) is 0. The molecule has 4 heteroatoms. The van der Waals surface area contributed by atoms with Crippen LogP contribution in [0.3, 0.4) is 0 Å². The highest BCUT2D eigenvalue weighted by Gasteiger charge is 2.22. The lowest BCUT2D eigenvalue weighted by atomic mass is 9.95. The zero-order chi connectivity index (χ0) is 22.6. The summed E-state index contributed by atoms with van der Waals surface area (Å²) in [6.45, 7) is 1.02. The van der Waals surface area contributed by atoms with Crippen LogP contribution in [-0.2, 0) is 18.0 Å². The van der Waals surface area contributed by atoms with Crippen LogP contribution in [0.15, 0.2) is 84.9 Å². The van der Waals surface area contributed by atoms with Crippen LogP contribution in [0, 0.1) is 0 Å². The van der Waals surface area contributed by atoms with Crippen molar-refractivity contribution in [2.45, 2.75) is 38.3 Å². The van der Waals surface area contributed by atoms with Gasteiger partial charge in [0.2, 0.25) is 0 Å². The van der Waals surface area contributed by atoms with Gasteiger partial charge in [0, 0.05) is 13.0 Å². The van der Waals surface area contributed by atoms with Gasteiger partial charge in [-0.05, 0) is 75.3 Å². The van der Waals surface area contributed by atoms with Crippen molar-refractivity contribution < 1.29 is 19.7 Å². The number of hydrogen-bond donors (Lipinski definition) is 2. The van der Waals surface area contributed by atoms with Crippen molar-refractivity contribution in [1.82, 2.24) is 0 Å². The molecule has 0 spiro atoms. The monoisotopic (exact) mass is 440 g/mol. The molecule has 0 aliphatic carbocycles. The molecule has 2 unspecified atom stereocenters. The SMILES string of the molecule is OCc1cc(-c2ccccc2)c2ccc(OCc3cccc(C4CC(O)CCO4)c3)cc2c1. The van der Waals surface area contributed by atoms with Gasteiger partial charge in [0.25, 0.3) is 0 Å². The Bertz CT molecular complexity index is 1240. The first-order chi connectivity index (χ1) is 16.2. The zero-order valence-corrected chi connectivity index (χ0v) is 18.5. The van der Waals surface area contributed by atoms with E-state index in [9.17, 15) is 10.2 Å². The van der Waals surface area contributed by atoms with Gasteiger partial charge in [-0.1, -0.05) is 54.6 Å². The van der Waals surface area contributed by atoms with Crippen molar-refractivity contribution in [3.63, 3.8) is 0 Å².